The Morgan fingerprint density at radius 3 is 2.80 bits per heavy atom. The number of carbonyl (C=O) groups is 1. The maximum absolute atomic E-state index is 10.6. The summed E-state index contributed by atoms with van der Waals surface area (Å²) in [5, 5.41) is 4.53. The van der Waals surface area contributed by atoms with Crippen molar-refractivity contribution in [3.63, 3.8) is 0 Å². The van der Waals surface area contributed by atoms with Gasteiger partial charge in [0.2, 0.25) is 0 Å². The number of hydrazone groups is 1. The van der Waals surface area contributed by atoms with Gasteiger partial charge < -0.3 is 4.74 Å². The molecule has 0 aliphatic heterocycles. The molecule has 0 saturated heterocycles. The van der Waals surface area contributed by atoms with Crippen LogP contribution in [0.15, 0.2) is 23.3 Å². The number of hydrogen-bond acceptors (Lipinski definition) is 3. The first-order valence-corrected chi connectivity index (χ1v) is 4.71. The monoisotopic (exact) mass is 246 g/mol. The van der Waals surface area contributed by atoms with Crippen LogP contribution < -0.4 is 5.43 Å². The molecule has 0 aliphatic rings. The van der Waals surface area contributed by atoms with Gasteiger partial charge in [0.25, 0.3) is 0 Å². The van der Waals surface area contributed by atoms with E-state index >= 15 is 0 Å². The molecule has 0 saturated carbocycles. The number of amides is 1. The van der Waals surface area contributed by atoms with Crippen molar-refractivity contribution >= 4 is 35.5 Å². The molecule has 1 N–H and O–H groups in total. The molecule has 0 spiro atoms. The average molecular weight is 247 g/mol. The number of halogens is 2. The number of ether oxygens (including phenoxy) is 1. The van der Waals surface area contributed by atoms with Crippen LogP contribution in [0.2, 0.25) is 10.0 Å². The van der Waals surface area contributed by atoms with Gasteiger partial charge in [0.1, 0.15) is 0 Å². The van der Waals surface area contributed by atoms with E-state index in [1.165, 1.54) is 13.3 Å². The molecule has 0 unspecified atom stereocenters. The van der Waals surface area contributed by atoms with Gasteiger partial charge in [-0.2, -0.15) is 5.10 Å². The molecule has 0 aromatic heterocycles. The Hall–Kier alpha value is -1.26. The Morgan fingerprint density at radius 1 is 1.47 bits per heavy atom. The molecule has 1 rings (SSSR count). The van der Waals surface area contributed by atoms with E-state index in [0.717, 1.165) is 5.56 Å². The summed E-state index contributed by atoms with van der Waals surface area (Å²) in [5.41, 5.74) is 2.87. The van der Waals surface area contributed by atoms with Crippen LogP contribution in [0, 0.1) is 0 Å². The first kappa shape index (κ1) is 11.8. The van der Waals surface area contributed by atoms with Gasteiger partial charge in [-0.3, -0.25) is 0 Å². The fraction of sp³-hybridized carbons (Fsp3) is 0.111. The van der Waals surface area contributed by atoms with Crippen molar-refractivity contribution in [2.24, 2.45) is 5.10 Å². The van der Waals surface area contributed by atoms with Crippen molar-refractivity contribution in [1.29, 1.82) is 0 Å². The minimum Gasteiger partial charge on any atom is -0.452 e. The molecule has 0 bridgehead atoms. The summed E-state index contributed by atoms with van der Waals surface area (Å²) in [7, 11) is 1.25. The third-order valence-electron chi connectivity index (χ3n) is 1.50. The number of nitrogens with one attached hydrogen (secondary N) is 1. The second-order valence-electron chi connectivity index (χ2n) is 2.54. The fourth-order valence-corrected chi connectivity index (χ4v) is 1.10. The molecule has 0 aliphatic carbocycles. The molecule has 1 amide bonds. The third kappa shape index (κ3) is 3.77. The predicted octanol–water partition coefficient (Wildman–Crippen LogP) is 2.68. The summed E-state index contributed by atoms with van der Waals surface area (Å²) in [4.78, 5) is 10.6. The number of methoxy groups -OCH3 is 1. The van der Waals surface area contributed by atoms with E-state index in [0.29, 0.717) is 10.0 Å². The van der Waals surface area contributed by atoms with Gasteiger partial charge in [-0.05, 0) is 17.7 Å². The van der Waals surface area contributed by atoms with Crippen molar-refractivity contribution in [3.05, 3.63) is 33.8 Å². The topological polar surface area (TPSA) is 50.7 Å². The van der Waals surface area contributed by atoms with Crippen LogP contribution in [0.1, 0.15) is 5.56 Å². The number of hydrogen-bond donors (Lipinski definition) is 1. The third-order valence-corrected chi connectivity index (χ3v) is 2.24. The first-order valence-electron chi connectivity index (χ1n) is 3.95. The largest absolute Gasteiger partial charge is 0.452 e. The number of carbonyl (C=O) groups excluding carboxylic acids is 1. The Kier molecular flexibility index (Phi) is 4.39. The molecule has 0 fully saturated rings. The molecule has 15 heavy (non-hydrogen) atoms. The Labute approximate surface area is 96.8 Å². The van der Waals surface area contributed by atoms with E-state index in [1.54, 1.807) is 18.2 Å². The van der Waals surface area contributed by atoms with Crippen LogP contribution in [-0.2, 0) is 4.74 Å². The van der Waals surface area contributed by atoms with Crippen LogP contribution in [0.5, 0.6) is 0 Å². The van der Waals surface area contributed by atoms with E-state index in [1.807, 2.05) is 0 Å². The van der Waals surface area contributed by atoms with Crippen LogP contribution in [0.4, 0.5) is 4.79 Å². The van der Waals surface area contributed by atoms with Gasteiger partial charge in [-0.15, -0.1) is 0 Å². The van der Waals surface area contributed by atoms with Gasteiger partial charge >= 0.3 is 6.09 Å². The first-order chi connectivity index (χ1) is 7.13. The zero-order valence-corrected chi connectivity index (χ0v) is 9.34. The maximum atomic E-state index is 10.6. The highest BCUT2D eigenvalue weighted by atomic mass is 35.5. The molecule has 0 atom stereocenters. The number of benzene rings is 1. The summed E-state index contributed by atoms with van der Waals surface area (Å²) >= 11 is 11.5. The zero-order chi connectivity index (χ0) is 11.3. The predicted molar refractivity (Wildman–Crippen MR) is 59.6 cm³/mol. The zero-order valence-electron chi connectivity index (χ0n) is 7.83. The summed E-state index contributed by atoms with van der Waals surface area (Å²) in [5.74, 6) is 0. The highest BCUT2D eigenvalue weighted by molar-refractivity contribution is 6.42. The van der Waals surface area contributed by atoms with Crippen LogP contribution >= 0.6 is 23.2 Å². The minimum atomic E-state index is -0.633. The van der Waals surface area contributed by atoms with Gasteiger partial charge in [0.15, 0.2) is 0 Å². The van der Waals surface area contributed by atoms with Gasteiger partial charge in [-0.1, -0.05) is 29.3 Å². The van der Waals surface area contributed by atoms with Crippen LogP contribution in [0.25, 0.3) is 0 Å². The van der Waals surface area contributed by atoms with E-state index in [-0.39, 0.29) is 0 Å². The van der Waals surface area contributed by atoms with Gasteiger partial charge in [-0.25, -0.2) is 10.2 Å². The highest BCUT2D eigenvalue weighted by Crippen LogP contribution is 2.21. The lowest BCUT2D eigenvalue weighted by Gasteiger charge is -1.98. The lowest BCUT2D eigenvalue weighted by Crippen LogP contribution is -2.16. The van der Waals surface area contributed by atoms with Crippen molar-refractivity contribution in [1.82, 2.24) is 5.43 Å². The summed E-state index contributed by atoms with van der Waals surface area (Å²) in [6, 6.07) is 4.99. The van der Waals surface area contributed by atoms with E-state index in [4.69, 9.17) is 23.2 Å². The molecule has 1 aromatic rings. The summed E-state index contributed by atoms with van der Waals surface area (Å²) in [6.45, 7) is 0. The van der Waals surface area contributed by atoms with Crippen LogP contribution in [0.3, 0.4) is 0 Å². The minimum absolute atomic E-state index is 0.429. The summed E-state index contributed by atoms with van der Waals surface area (Å²) < 4.78 is 4.32. The SMILES string of the molecule is COC(=O)NN=Cc1ccc(Cl)c(Cl)c1. The lowest BCUT2D eigenvalue weighted by molar-refractivity contribution is 0.171. The standard InChI is InChI=1S/C9H8Cl2N2O2/c1-15-9(14)13-12-5-6-2-3-7(10)8(11)4-6/h2-5H,1H3,(H,13,14). The van der Waals surface area contributed by atoms with Crippen molar-refractivity contribution < 1.29 is 9.53 Å². The fourth-order valence-electron chi connectivity index (χ4n) is 0.798. The van der Waals surface area contributed by atoms with Gasteiger partial charge in [0.05, 0.1) is 23.4 Å². The quantitative estimate of drug-likeness (QED) is 0.645. The van der Waals surface area contributed by atoms with E-state index < -0.39 is 6.09 Å². The molecular weight excluding hydrogens is 239 g/mol. The van der Waals surface area contributed by atoms with Crippen molar-refractivity contribution in [2.75, 3.05) is 7.11 Å². The lowest BCUT2D eigenvalue weighted by atomic mass is 10.2. The second-order valence-corrected chi connectivity index (χ2v) is 3.35. The van der Waals surface area contributed by atoms with E-state index in [9.17, 15) is 4.79 Å². The van der Waals surface area contributed by atoms with Crippen molar-refractivity contribution in [2.45, 2.75) is 0 Å². The molecule has 6 heteroatoms. The van der Waals surface area contributed by atoms with E-state index in [2.05, 4.69) is 15.3 Å². The Bertz CT molecular complexity index is 394. The number of rotatable bonds is 2. The smallest absolute Gasteiger partial charge is 0.427 e. The summed E-state index contributed by atoms with van der Waals surface area (Å²) in [6.07, 6.45) is 0.797. The molecular formula is C9H8Cl2N2O2. The Morgan fingerprint density at radius 2 is 2.20 bits per heavy atom. The molecule has 80 valence electrons. The Balaban J connectivity index is 2.65. The average Bonchev–Trinajstić information content (AvgIpc) is 2.23. The molecule has 1 aromatic carbocycles. The normalized spacial score (nSPS) is 10.3. The van der Waals surface area contributed by atoms with Crippen LogP contribution in [-0.4, -0.2) is 19.4 Å². The van der Waals surface area contributed by atoms with Crippen molar-refractivity contribution in [3.8, 4) is 0 Å². The molecule has 4 nitrogen and oxygen atoms in total. The molecule has 0 heterocycles. The van der Waals surface area contributed by atoms with Gasteiger partial charge in [0, 0.05) is 0 Å². The highest BCUT2D eigenvalue weighted by Gasteiger charge is 1.97. The molecule has 0 radical (unpaired) electrons. The second kappa shape index (κ2) is 5.58. The number of nitrogens with zero attached hydrogens (tertiary/aromatic N) is 1. The maximum Gasteiger partial charge on any atom is 0.427 e.